The van der Waals surface area contributed by atoms with Gasteiger partial charge in [0, 0.05) is 17.3 Å². The minimum Gasteiger partial charge on any atom is -0.393 e. The van der Waals surface area contributed by atoms with Crippen LogP contribution in [0.1, 0.15) is 85.5 Å². The molecule has 4 saturated carbocycles. The fourth-order valence-corrected chi connectivity index (χ4v) is 10.1. The van der Waals surface area contributed by atoms with E-state index in [0.29, 0.717) is 18.3 Å². The van der Waals surface area contributed by atoms with Crippen molar-refractivity contribution < 1.29 is 24.8 Å². The van der Waals surface area contributed by atoms with Crippen LogP contribution in [-0.4, -0.2) is 51.1 Å². The van der Waals surface area contributed by atoms with Crippen LogP contribution in [0.4, 0.5) is 0 Å². The quantitative estimate of drug-likeness (QED) is 0.549. The number of aliphatic hydroxyl groups is 3. The molecule has 1 spiro atoms. The van der Waals surface area contributed by atoms with Crippen LogP contribution in [0.3, 0.4) is 0 Å². The van der Waals surface area contributed by atoms with Gasteiger partial charge in [0.15, 0.2) is 6.29 Å². The predicted octanol–water partition coefficient (Wildman–Crippen LogP) is 4.19. The number of rotatable bonds is 4. The zero-order chi connectivity index (χ0) is 23.6. The van der Waals surface area contributed by atoms with Gasteiger partial charge >= 0.3 is 0 Å². The summed E-state index contributed by atoms with van der Waals surface area (Å²) < 4.78 is 13.3. The summed E-state index contributed by atoms with van der Waals surface area (Å²) >= 11 is 0. The van der Waals surface area contributed by atoms with Crippen LogP contribution in [0.2, 0.25) is 0 Å². The minimum absolute atomic E-state index is 0.0327. The molecule has 12 unspecified atom stereocenters. The Morgan fingerprint density at radius 1 is 1.06 bits per heavy atom. The molecule has 6 fully saturated rings. The Morgan fingerprint density at radius 3 is 2.55 bits per heavy atom. The average molecular weight is 461 g/mol. The second-order valence-corrected chi connectivity index (χ2v) is 13.5. The van der Waals surface area contributed by atoms with Crippen molar-refractivity contribution >= 4 is 0 Å². The fourth-order valence-electron chi connectivity index (χ4n) is 10.1. The first-order valence-electron chi connectivity index (χ1n) is 13.6. The van der Waals surface area contributed by atoms with Gasteiger partial charge in [-0.05, 0) is 87.9 Å². The van der Waals surface area contributed by atoms with E-state index in [9.17, 15) is 15.3 Å². The molecule has 5 heteroatoms. The van der Waals surface area contributed by atoms with E-state index in [0.717, 1.165) is 51.4 Å². The molecule has 2 heterocycles. The molecule has 33 heavy (non-hydrogen) atoms. The third-order valence-electron chi connectivity index (χ3n) is 11.9. The third kappa shape index (κ3) is 2.72. The molecule has 0 aromatic carbocycles. The second kappa shape index (κ2) is 7.06. The second-order valence-electron chi connectivity index (χ2n) is 13.5. The van der Waals surface area contributed by atoms with Crippen molar-refractivity contribution in [2.45, 2.75) is 121 Å². The maximum absolute atomic E-state index is 12.5. The third-order valence-corrected chi connectivity index (χ3v) is 11.9. The van der Waals surface area contributed by atoms with Gasteiger partial charge in [-0.15, -0.1) is 0 Å². The lowest BCUT2D eigenvalue weighted by Crippen LogP contribution is -2.70. The molecular formula is C28H44O5. The van der Waals surface area contributed by atoms with Gasteiger partial charge in [-0.2, -0.15) is 0 Å². The zero-order valence-corrected chi connectivity index (χ0v) is 20.9. The van der Waals surface area contributed by atoms with E-state index >= 15 is 0 Å². The topological polar surface area (TPSA) is 79.2 Å². The SMILES string of the molecule is C=C(CCC1(C)OC2OC3CC1C21CCC2C4(C)CCC(O)CC4CC(O)C2(O)C31)C(C)C. The highest BCUT2D eigenvalue weighted by atomic mass is 16.7. The highest BCUT2D eigenvalue weighted by molar-refractivity contribution is 5.28. The van der Waals surface area contributed by atoms with Gasteiger partial charge in [-0.3, -0.25) is 0 Å². The summed E-state index contributed by atoms with van der Waals surface area (Å²) in [5.41, 5.74) is -0.351. The first-order chi connectivity index (χ1) is 15.5. The van der Waals surface area contributed by atoms with Crippen LogP contribution in [0.5, 0.6) is 0 Å². The summed E-state index contributed by atoms with van der Waals surface area (Å²) in [6.07, 6.45) is 6.49. The lowest BCUT2D eigenvalue weighted by Gasteiger charge is -2.65. The van der Waals surface area contributed by atoms with E-state index < -0.39 is 11.7 Å². The van der Waals surface area contributed by atoms with E-state index in [4.69, 9.17) is 9.47 Å². The van der Waals surface area contributed by atoms with E-state index in [1.807, 2.05) is 0 Å². The Bertz CT molecular complexity index is 842. The molecular weight excluding hydrogens is 416 g/mol. The van der Waals surface area contributed by atoms with Crippen LogP contribution in [-0.2, 0) is 9.47 Å². The van der Waals surface area contributed by atoms with Gasteiger partial charge < -0.3 is 24.8 Å². The molecule has 2 bridgehead atoms. The van der Waals surface area contributed by atoms with Crippen LogP contribution < -0.4 is 0 Å². The van der Waals surface area contributed by atoms with Crippen LogP contribution in [0.25, 0.3) is 0 Å². The van der Waals surface area contributed by atoms with Gasteiger partial charge in [-0.1, -0.05) is 32.9 Å². The largest absolute Gasteiger partial charge is 0.393 e. The van der Waals surface area contributed by atoms with Gasteiger partial charge in [0.25, 0.3) is 0 Å². The Morgan fingerprint density at radius 2 is 1.82 bits per heavy atom. The van der Waals surface area contributed by atoms with E-state index in [1.165, 1.54) is 5.57 Å². The van der Waals surface area contributed by atoms with Crippen LogP contribution >= 0.6 is 0 Å². The number of hydrogen-bond acceptors (Lipinski definition) is 5. The van der Waals surface area contributed by atoms with Crippen molar-refractivity contribution in [2.24, 2.45) is 40.4 Å². The standard InChI is InChI=1S/C28H44O5/c1-15(2)16(3)6-10-26(5)21-14-19-23-27(21,24(32-19)33-26)11-8-20-25(4)9-7-18(29)12-17(25)13-22(30)28(20,23)31/h15,17-24,29-31H,3,6-14H2,1-2,4-5H3. The molecule has 186 valence electrons. The molecule has 0 aromatic rings. The van der Waals surface area contributed by atoms with Crippen molar-refractivity contribution in [2.75, 3.05) is 0 Å². The van der Waals surface area contributed by atoms with E-state index in [2.05, 4.69) is 34.3 Å². The Hall–Kier alpha value is -0.460. The van der Waals surface area contributed by atoms with E-state index in [1.54, 1.807) is 0 Å². The average Bonchev–Trinajstić information content (AvgIpc) is 3.28. The number of ether oxygens (including phenoxy) is 2. The first kappa shape index (κ1) is 23.0. The fraction of sp³-hybridized carbons (Fsp3) is 0.929. The monoisotopic (exact) mass is 460 g/mol. The van der Waals surface area contributed by atoms with Crippen molar-refractivity contribution in [3.63, 3.8) is 0 Å². The minimum atomic E-state index is -1.13. The molecule has 12 atom stereocenters. The molecule has 0 radical (unpaired) electrons. The van der Waals surface area contributed by atoms with Gasteiger partial charge in [0.1, 0.15) is 0 Å². The maximum atomic E-state index is 12.5. The number of aliphatic hydroxyl groups excluding tert-OH is 2. The Kier molecular flexibility index (Phi) is 4.92. The molecule has 2 aliphatic heterocycles. The predicted molar refractivity (Wildman–Crippen MR) is 125 cm³/mol. The molecule has 6 rings (SSSR count). The Balaban J connectivity index is 1.34. The maximum Gasteiger partial charge on any atom is 0.165 e. The van der Waals surface area contributed by atoms with Gasteiger partial charge in [-0.25, -0.2) is 0 Å². The summed E-state index contributed by atoms with van der Waals surface area (Å²) in [7, 11) is 0. The van der Waals surface area contributed by atoms with Crippen molar-refractivity contribution in [1.82, 2.24) is 0 Å². The van der Waals surface area contributed by atoms with Crippen LogP contribution in [0.15, 0.2) is 12.2 Å². The molecule has 0 amide bonds. The summed E-state index contributed by atoms with van der Waals surface area (Å²) in [5.74, 6) is 1.10. The highest BCUT2D eigenvalue weighted by Crippen LogP contribution is 2.77. The van der Waals surface area contributed by atoms with Gasteiger partial charge in [0.2, 0.25) is 0 Å². The normalized spacial score (nSPS) is 58.8. The number of hydrogen-bond donors (Lipinski definition) is 3. The van der Waals surface area contributed by atoms with Crippen molar-refractivity contribution in [1.29, 1.82) is 0 Å². The first-order valence-corrected chi connectivity index (χ1v) is 13.6. The molecule has 5 nitrogen and oxygen atoms in total. The number of allylic oxidation sites excluding steroid dienone is 1. The molecule has 0 aromatic heterocycles. The van der Waals surface area contributed by atoms with Crippen molar-refractivity contribution in [3.05, 3.63) is 12.2 Å². The lowest BCUT2D eigenvalue weighted by molar-refractivity contribution is -0.269. The highest BCUT2D eigenvalue weighted by Gasteiger charge is 2.82. The summed E-state index contributed by atoms with van der Waals surface area (Å²) in [4.78, 5) is 0. The van der Waals surface area contributed by atoms with E-state index in [-0.39, 0.29) is 52.7 Å². The smallest absolute Gasteiger partial charge is 0.165 e. The number of fused-ring (bicyclic) bond motifs is 3. The lowest BCUT2D eigenvalue weighted by atomic mass is 9.42. The zero-order valence-electron chi connectivity index (χ0n) is 20.9. The summed E-state index contributed by atoms with van der Waals surface area (Å²) in [5, 5.41) is 34.4. The molecule has 6 aliphatic rings. The summed E-state index contributed by atoms with van der Waals surface area (Å²) in [6.45, 7) is 13.3. The molecule has 4 aliphatic carbocycles. The van der Waals surface area contributed by atoms with Crippen LogP contribution in [0, 0.1) is 40.4 Å². The summed E-state index contributed by atoms with van der Waals surface area (Å²) in [6, 6.07) is 0. The Labute approximate surface area is 198 Å². The van der Waals surface area contributed by atoms with Crippen molar-refractivity contribution in [3.8, 4) is 0 Å². The molecule has 3 N–H and O–H groups in total. The molecule has 2 saturated heterocycles. The van der Waals surface area contributed by atoms with Gasteiger partial charge in [0.05, 0.1) is 29.5 Å².